The fraction of sp³-hybridized carbons (Fsp3) is 0.571. The quantitative estimate of drug-likeness (QED) is 0.539. The van der Waals surface area contributed by atoms with E-state index in [1.54, 1.807) is 4.90 Å². The van der Waals surface area contributed by atoms with Crippen LogP contribution < -0.4 is 5.56 Å². The molecule has 1 aromatic rings. The van der Waals surface area contributed by atoms with Crippen LogP contribution in [0.1, 0.15) is 19.3 Å². The van der Waals surface area contributed by atoms with Gasteiger partial charge in [-0.05, 0) is 19.3 Å². The number of nitrogens with zero attached hydrogens (tertiary/aromatic N) is 3. The van der Waals surface area contributed by atoms with Gasteiger partial charge in [0.25, 0.3) is 11.2 Å². The van der Waals surface area contributed by atoms with Crippen molar-refractivity contribution >= 4 is 21.4 Å². The fourth-order valence-corrected chi connectivity index (χ4v) is 4.74. The van der Waals surface area contributed by atoms with Gasteiger partial charge in [0.2, 0.25) is 5.91 Å². The van der Waals surface area contributed by atoms with Crippen molar-refractivity contribution < 1.29 is 18.1 Å². The average molecular weight is 355 g/mol. The molecule has 1 aliphatic carbocycles. The second-order valence-electron chi connectivity index (χ2n) is 6.20. The molecule has 24 heavy (non-hydrogen) atoms. The van der Waals surface area contributed by atoms with Crippen LogP contribution in [-0.4, -0.2) is 52.3 Å². The molecule has 0 bridgehead atoms. The van der Waals surface area contributed by atoms with Gasteiger partial charge in [-0.2, -0.15) is 0 Å². The predicted molar refractivity (Wildman–Crippen MR) is 84.3 cm³/mol. The Kier molecular flexibility index (Phi) is 4.16. The normalized spacial score (nSPS) is 22.2. The summed E-state index contributed by atoms with van der Waals surface area (Å²) in [6.07, 6.45) is 3.06. The van der Waals surface area contributed by atoms with Crippen LogP contribution in [0.15, 0.2) is 23.1 Å². The number of hydrogen-bond donors (Lipinski definition) is 0. The van der Waals surface area contributed by atoms with E-state index in [2.05, 4.69) is 0 Å². The first-order chi connectivity index (χ1) is 11.3. The van der Waals surface area contributed by atoms with Crippen LogP contribution in [0.2, 0.25) is 0 Å². The molecule has 2 fully saturated rings. The molecular formula is C14H17N3O6S. The van der Waals surface area contributed by atoms with Crippen LogP contribution in [0, 0.1) is 10.1 Å². The fourth-order valence-electron chi connectivity index (χ4n) is 3.03. The van der Waals surface area contributed by atoms with Gasteiger partial charge in [0.05, 0.1) is 22.6 Å². The Morgan fingerprint density at radius 1 is 1.29 bits per heavy atom. The third kappa shape index (κ3) is 3.48. The van der Waals surface area contributed by atoms with E-state index in [4.69, 9.17) is 0 Å². The van der Waals surface area contributed by atoms with Crippen molar-refractivity contribution in [1.29, 1.82) is 0 Å². The van der Waals surface area contributed by atoms with E-state index in [9.17, 15) is 28.1 Å². The summed E-state index contributed by atoms with van der Waals surface area (Å²) in [6.45, 7) is -0.326. The van der Waals surface area contributed by atoms with E-state index >= 15 is 0 Å². The minimum absolute atomic E-state index is 0.00481. The highest BCUT2D eigenvalue weighted by Gasteiger charge is 2.42. The molecule has 0 aromatic carbocycles. The van der Waals surface area contributed by atoms with Gasteiger partial charge in [0.1, 0.15) is 6.54 Å². The summed E-state index contributed by atoms with van der Waals surface area (Å²) in [7, 11) is -3.13. The summed E-state index contributed by atoms with van der Waals surface area (Å²) in [5, 5.41) is 10.8. The van der Waals surface area contributed by atoms with Crippen molar-refractivity contribution in [2.45, 2.75) is 37.9 Å². The number of nitro groups is 1. The third-order valence-corrected chi connectivity index (χ3v) is 6.06. The standard InChI is InChI=1S/C14H17N3O6S/c18-13-4-3-11(17(20)21)7-15(13)8-14(19)16(10-1-2-10)12-5-6-24(22,23)9-12/h3-4,7,10,12H,1-2,5-6,8-9H2/t12-/m0/s1. The number of pyridine rings is 1. The molecular weight excluding hydrogens is 338 g/mol. The average Bonchev–Trinajstić information content (AvgIpc) is 3.25. The van der Waals surface area contributed by atoms with E-state index in [0.717, 1.165) is 35.7 Å². The van der Waals surface area contributed by atoms with Crippen molar-refractivity contribution in [1.82, 2.24) is 9.47 Å². The topological polar surface area (TPSA) is 120 Å². The smallest absolute Gasteiger partial charge is 0.285 e. The summed E-state index contributed by atoms with van der Waals surface area (Å²) in [6, 6.07) is 1.77. The van der Waals surface area contributed by atoms with Crippen molar-refractivity contribution in [3.63, 3.8) is 0 Å². The maximum absolute atomic E-state index is 12.6. The molecule has 9 nitrogen and oxygen atoms in total. The second-order valence-corrected chi connectivity index (χ2v) is 8.43. The summed E-state index contributed by atoms with van der Waals surface area (Å²) in [5.74, 6) is -0.369. The third-order valence-electron chi connectivity index (χ3n) is 4.31. The number of amides is 1. The lowest BCUT2D eigenvalue weighted by atomic mass is 10.2. The molecule has 0 radical (unpaired) electrons. The highest BCUT2D eigenvalue weighted by Crippen LogP contribution is 2.32. The first kappa shape index (κ1) is 16.6. The Morgan fingerprint density at radius 2 is 2.00 bits per heavy atom. The Morgan fingerprint density at radius 3 is 2.54 bits per heavy atom. The Hall–Kier alpha value is -2.23. The first-order valence-electron chi connectivity index (χ1n) is 7.63. The molecule has 130 valence electrons. The molecule has 1 amide bonds. The molecule has 2 heterocycles. The number of carbonyl (C=O) groups is 1. The monoisotopic (exact) mass is 355 g/mol. The van der Waals surface area contributed by atoms with Crippen molar-refractivity contribution in [2.24, 2.45) is 0 Å². The van der Waals surface area contributed by atoms with E-state index in [1.165, 1.54) is 0 Å². The van der Waals surface area contributed by atoms with Crippen LogP contribution in [0.5, 0.6) is 0 Å². The maximum Gasteiger partial charge on any atom is 0.285 e. The molecule has 10 heteroatoms. The van der Waals surface area contributed by atoms with Gasteiger partial charge in [0, 0.05) is 24.2 Å². The van der Waals surface area contributed by atoms with Gasteiger partial charge in [-0.1, -0.05) is 0 Å². The number of hydrogen-bond acceptors (Lipinski definition) is 6. The van der Waals surface area contributed by atoms with Gasteiger partial charge in [-0.25, -0.2) is 8.42 Å². The number of carbonyl (C=O) groups excluding carboxylic acids is 1. The molecule has 3 rings (SSSR count). The molecule has 0 unspecified atom stereocenters. The summed E-state index contributed by atoms with van der Waals surface area (Å²) < 4.78 is 24.3. The van der Waals surface area contributed by atoms with Gasteiger partial charge in [-0.3, -0.25) is 24.3 Å². The summed E-state index contributed by atoms with van der Waals surface area (Å²) in [5.41, 5.74) is -0.785. The largest absolute Gasteiger partial charge is 0.334 e. The molecule has 1 saturated carbocycles. The number of rotatable bonds is 5. The van der Waals surface area contributed by atoms with Gasteiger partial charge in [0.15, 0.2) is 9.84 Å². The predicted octanol–water partition coefficient (Wildman–Crippen LogP) is -0.0654. The minimum atomic E-state index is -3.13. The number of aromatic nitrogens is 1. The molecule has 2 aliphatic rings. The zero-order valence-electron chi connectivity index (χ0n) is 12.8. The van der Waals surface area contributed by atoms with Gasteiger partial charge < -0.3 is 4.90 Å². The molecule has 1 saturated heterocycles. The number of sulfone groups is 1. The zero-order chi connectivity index (χ0) is 17.5. The van der Waals surface area contributed by atoms with E-state index in [-0.39, 0.29) is 41.7 Å². The lowest BCUT2D eigenvalue weighted by Gasteiger charge is -2.28. The Bertz CT molecular complexity index is 842. The lowest BCUT2D eigenvalue weighted by molar-refractivity contribution is -0.385. The van der Waals surface area contributed by atoms with Gasteiger partial charge >= 0.3 is 0 Å². The SMILES string of the molecule is O=C(Cn1cc([N+](=O)[O-])ccc1=O)N(C1CC1)[C@H]1CCS(=O)(=O)C1. The van der Waals surface area contributed by atoms with Crippen LogP contribution in [0.25, 0.3) is 0 Å². The maximum atomic E-state index is 12.6. The summed E-state index contributed by atoms with van der Waals surface area (Å²) >= 11 is 0. The van der Waals surface area contributed by atoms with Crippen molar-refractivity contribution in [2.75, 3.05) is 11.5 Å². The van der Waals surface area contributed by atoms with Crippen LogP contribution >= 0.6 is 0 Å². The summed E-state index contributed by atoms with van der Waals surface area (Å²) in [4.78, 5) is 36.2. The molecule has 1 atom stereocenters. The minimum Gasteiger partial charge on any atom is -0.334 e. The Balaban J connectivity index is 1.81. The lowest BCUT2D eigenvalue weighted by Crippen LogP contribution is -2.45. The first-order valence-corrected chi connectivity index (χ1v) is 9.45. The highest BCUT2D eigenvalue weighted by atomic mass is 32.2. The van der Waals surface area contributed by atoms with Crippen LogP contribution in [-0.2, 0) is 21.2 Å². The molecule has 1 aliphatic heterocycles. The zero-order valence-corrected chi connectivity index (χ0v) is 13.6. The molecule has 0 spiro atoms. The Labute approximate surface area is 137 Å². The van der Waals surface area contributed by atoms with Crippen molar-refractivity contribution in [3.05, 3.63) is 38.8 Å². The molecule has 0 N–H and O–H groups in total. The van der Waals surface area contributed by atoms with Crippen LogP contribution in [0.3, 0.4) is 0 Å². The van der Waals surface area contributed by atoms with E-state index < -0.39 is 20.3 Å². The van der Waals surface area contributed by atoms with E-state index in [0.29, 0.717) is 6.42 Å². The van der Waals surface area contributed by atoms with Gasteiger partial charge in [-0.15, -0.1) is 0 Å². The van der Waals surface area contributed by atoms with E-state index in [1.807, 2.05) is 0 Å². The molecule has 1 aromatic heterocycles. The van der Waals surface area contributed by atoms with Crippen molar-refractivity contribution in [3.8, 4) is 0 Å². The second kappa shape index (κ2) is 6.00. The highest BCUT2D eigenvalue weighted by molar-refractivity contribution is 7.91. The van der Waals surface area contributed by atoms with Crippen LogP contribution in [0.4, 0.5) is 5.69 Å².